The van der Waals surface area contributed by atoms with Gasteiger partial charge in [0.05, 0.1) is 17.2 Å². The predicted octanol–water partition coefficient (Wildman–Crippen LogP) is 2.22. The molecule has 0 aliphatic rings. The maximum absolute atomic E-state index is 8.92. The summed E-state index contributed by atoms with van der Waals surface area (Å²) in [4.78, 5) is 7.61. The third-order valence-corrected chi connectivity index (χ3v) is 3.39. The third-order valence-electron chi connectivity index (χ3n) is 2.53. The summed E-state index contributed by atoms with van der Waals surface area (Å²) in [6.07, 6.45) is 1.69. The molecule has 0 fully saturated rings. The highest BCUT2D eigenvalue weighted by Crippen LogP contribution is 2.23. The molecular weight excluding hydrogens is 236 g/mol. The molecule has 0 amide bonds. The van der Waals surface area contributed by atoms with Gasteiger partial charge in [-0.25, -0.2) is 4.98 Å². The molecule has 1 N–H and O–H groups in total. The van der Waals surface area contributed by atoms with Crippen molar-refractivity contribution in [2.75, 3.05) is 19.7 Å². The Morgan fingerprint density at radius 1 is 1.53 bits per heavy atom. The van der Waals surface area contributed by atoms with Gasteiger partial charge in [-0.3, -0.25) is 4.90 Å². The Labute approximate surface area is 105 Å². The first-order chi connectivity index (χ1) is 8.33. The van der Waals surface area contributed by atoms with E-state index in [1.165, 1.54) is 0 Å². The topological polar surface area (TPSA) is 49.5 Å². The highest BCUT2D eigenvalue weighted by atomic mass is 32.1. The molecule has 0 aromatic carbocycles. The highest BCUT2D eigenvalue weighted by Gasteiger charge is 2.10. The number of aliphatic hydroxyl groups is 1. The second kappa shape index (κ2) is 5.95. The van der Waals surface area contributed by atoms with Gasteiger partial charge >= 0.3 is 0 Å². The Kier molecular flexibility index (Phi) is 4.30. The van der Waals surface area contributed by atoms with E-state index in [-0.39, 0.29) is 6.61 Å². The number of nitrogens with zero attached hydrogens (tertiary/aromatic N) is 2. The molecule has 4 nitrogen and oxygen atoms in total. The van der Waals surface area contributed by atoms with E-state index in [1.54, 1.807) is 17.6 Å². The molecule has 2 aromatic rings. The van der Waals surface area contributed by atoms with Gasteiger partial charge in [-0.1, -0.05) is 13.0 Å². The van der Waals surface area contributed by atoms with Crippen LogP contribution in [0.15, 0.2) is 28.2 Å². The minimum Gasteiger partial charge on any atom is -0.444 e. The smallest absolute Gasteiger partial charge is 0.236 e. The zero-order valence-corrected chi connectivity index (χ0v) is 10.6. The molecule has 0 aliphatic carbocycles. The van der Waals surface area contributed by atoms with Crippen molar-refractivity contribution in [3.8, 4) is 10.8 Å². The lowest BCUT2D eigenvalue weighted by molar-refractivity contribution is 0.195. The van der Waals surface area contributed by atoms with E-state index in [0.29, 0.717) is 19.0 Å². The number of rotatable bonds is 6. The van der Waals surface area contributed by atoms with Crippen molar-refractivity contribution < 1.29 is 9.52 Å². The summed E-state index contributed by atoms with van der Waals surface area (Å²) >= 11 is 1.61. The Hall–Kier alpha value is -1.17. The van der Waals surface area contributed by atoms with Crippen LogP contribution in [-0.2, 0) is 6.54 Å². The number of thiophene rings is 1. The predicted molar refractivity (Wildman–Crippen MR) is 67.9 cm³/mol. The summed E-state index contributed by atoms with van der Waals surface area (Å²) in [6.45, 7) is 4.50. The van der Waals surface area contributed by atoms with Gasteiger partial charge in [-0.2, -0.15) is 0 Å². The van der Waals surface area contributed by atoms with Crippen molar-refractivity contribution in [3.63, 3.8) is 0 Å². The van der Waals surface area contributed by atoms with Gasteiger partial charge in [0, 0.05) is 13.1 Å². The number of oxazole rings is 1. The van der Waals surface area contributed by atoms with Gasteiger partial charge in [0.25, 0.3) is 0 Å². The third kappa shape index (κ3) is 3.15. The average molecular weight is 252 g/mol. The molecule has 0 saturated heterocycles. The molecule has 92 valence electrons. The van der Waals surface area contributed by atoms with E-state index >= 15 is 0 Å². The van der Waals surface area contributed by atoms with Gasteiger partial charge < -0.3 is 9.52 Å². The summed E-state index contributed by atoms with van der Waals surface area (Å²) in [5.74, 6) is 0.676. The fraction of sp³-hybridized carbons (Fsp3) is 0.417. The molecule has 2 aromatic heterocycles. The molecule has 0 radical (unpaired) electrons. The maximum atomic E-state index is 8.92. The Morgan fingerprint density at radius 2 is 2.41 bits per heavy atom. The first-order valence-electron chi connectivity index (χ1n) is 5.65. The van der Waals surface area contributed by atoms with Gasteiger partial charge in [0.1, 0.15) is 6.26 Å². The lowest BCUT2D eigenvalue weighted by Crippen LogP contribution is -2.26. The van der Waals surface area contributed by atoms with Crippen LogP contribution < -0.4 is 0 Å². The number of likely N-dealkylation sites (N-methyl/N-ethyl adjacent to an activating group) is 1. The zero-order chi connectivity index (χ0) is 12.1. The monoisotopic (exact) mass is 252 g/mol. The molecule has 0 spiro atoms. The molecule has 0 atom stereocenters. The second-order valence-corrected chi connectivity index (χ2v) is 4.66. The number of hydrogen-bond acceptors (Lipinski definition) is 5. The van der Waals surface area contributed by atoms with Crippen LogP contribution in [0.1, 0.15) is 12.6 Å². The molecule has 5 heteroatoms. The van der Waals surface area contributed by atoms with Crippen molar-refractivity contribution in [2.24, 2.45) is 0 Å². The van der Waals surface area contributed by atoms with Crippen LogP contribution in [0.25, 0.3) is 10.8 Å². The standard InChI is InChI=1S/C12H16N2O2S/c1-2-14(5-6-15)8-10-9-16-12(13-10)11-4-3-7-17-11/h3-4,7,9,15H,2,5-6,8H2,1H3. The van der Waals surface area contributed by atoms with Crippen molar-refractivity contribution in [1.82, 2.24) is 9.88 Å². The van der Waals surface area contributed by atoms with E-state index in [2.05, 4.69) is 16.8 Å². The summed E-state index contributed by atoms with van der Waals surface area (Å²) in [5, 5.41) is 10.9. The summed E-state index contributed by atoms with van der Waals surface area (Å²) < 4.78 is 5.44. The van der Waals surface area contributed by atoms with Crippen LogP contribution in [0.3, 0.4) is 0 Å². The van der Waals surface area contributed by atoms with Gasteiger partial charge in [-0.15, -0.1) is 11.3 Å². The van der Waals surface area contributed by atoms with E-state index in [0.717, 1.165) is 17.1 Å². The number of aliphatic hydroxyl groups excluding tert-OH is 1. The van der Waals surface area contributed by atoms with E-state index in [9.17, 15) is 0 Å². The minimum atomic E-state index is 0.170. The first kappa shape index (κ1) is 12.3. The van der Waals surface area contributed by atoms with Crippen LogP contribution in [0, 0.1) is 0 Å². The SMILES string of the molecule is CCN(CCO)Cc1coc(-c2cccs2)n1. The largest absolute Gasteiger partial charge is 0.444 e. The molecular formula is C12H16N2O2S. The van der Waals surface area contributed by atoms with Gasteiger partial charge in [0.2, 0.25) is 5.89 Å². The maximum Gasteiger partial charge on any atom is 0.236 e. The normalized spacial score (nSPS) is 11.2. The Bertz CT molecular complexity index is 439. The van der Waals surface area contributed by atoms with E-state index in [1.807, 2.05) is 17.5 Å². The Balaban J connectivity index is 2.03. The summed E-state index contributed by atoms with van der Waals surface area (Å²) in [6, 6.07) is 3.97. The fourth-order valence-electron chi connectivity index (χ4n) is 1.61. The van der Waals surface area contributed by atoms with Gasteiger partial charge in [0.15, 0.2) is 0 Å². The van der Waals surface area contributed by atoms with Crippen molar-refractivity contribution in [2.45, 2.75) is 13.5 Å². The fourth-order valence-corrected chi connectivity index (χ4v) is 2.27. The van der Waals surface area contributed by atoms with E-state index in [4.69, 9.17) is 9.52 Å². The molecule has 0 unspecified atom stereocenters. The lowest BCUT2D eigenvalue weighted by atomic mass is 10.4. The minimum absolute atomic E-state index is 0.170. The molecule has 0 bridgehead atoms. The van der Waals surface area contributed by atoms with Crippen LogP contribution in [0.4, 0.5) is 0 Å². The average Bonchev–Trinajstić information content (AvgIpc) is 2.98. The zero-order valence-electron chi connectivity index (χ0n) is 9.80. The van der Waals surface area contributed by atoms with Crippen LogP contribution in [0.5, 0.6) is 0 Å². The highest BCUT2D eigenvalue weighted by molar-refractivity contribution is 7.13. The first-order valence-corrected chi connectivity index (χ1v) is 6.53. The Morgan fingerprint density at radius 3 is 3.06 bits per heavy atom. The van der Waals surface area contributed by atoms with Crippen LogP contribution >= 0.6 is 11.3 Å². The molecule has 0 aliphatic heterocycles. The number of hydrogen-bond donors (Lipinski definition) is 1. The quantitative estimate of drug-likeness (QED) is 0.856. The van der Waals surface area contributed by atoms with Crippen LogP contribution in [-0.4, -0.2) is 34.7 Å². The lowest BCUT2D eigenvalue weighted by Gasteiger charge is -2.16. The molecule has 2 rings (SSSR count). The van der Waals surface area contributed by atoms with Gasteiger partial charge in [-0.05, 0) is 18.0 Å². The number of aromatic nitrogens is 1. The molecule has 0 saturated carbocycles. The summed E-state index contributed by atoms with van der Waals surface area (Å²) in [7, 11) is 0. The van der Waals surface area contributed by atoms with Crippen molar-refractivity contribution in [1.29, 1.82) is 0 Å². The van der Waals surface area contributed by atoms with E-state index < -0.39 is 0 Å². The second-order valence-electron chi connectivity index (χ2n) is 3.71. The molecule has 2 heterocycles. The molecule has 17 heavy (non-hydrogen) atoms. The summed E-state index contributed by atoms with van der Waals surface area (Å²) in [5.41, 5.74) is 0.906. The van der Waals surface area contributed by atoms with Crippen molar-refractivity contribution in [3.05, 3.63) is 29.5 Å². The van der Waals surface area contributed by atoms with Crippen LogP contribution in [0.2, 0.25) is 0 Å². The van der Waals surface area contributed by atoms with Crippen molar-refractivity contribution >= 4 is 11.3 Å².